The van der Waals surface area contributed by atoms with Crippen LogP contribution < -0.4 is 0 Å². The molecular weight excluding hydrogens is 202 g/mol. The number of carboxylic acids is 1. The van der Waals surface area contributed by atoms with E-state index in [0.29, 0.717) is 0 Å². The Morgan fingerprint density at radius 3 is 2.31 bits per heavy atom. The number of carboxylic acid groups (broad SMARTS) is 1. The van der Waals surface area contributed by atoms with Gasteiger partial charge in [-0.3, -0.25) is 4.79 Å². The minimum Gasteiger partial charge on any atom is -0.481 e. The standard InChI is InChI=1S/C13H13NO2/c15-13(16)10-12(14-8-4-5-9-14)11-6-2-1-3-7-11/h1-9,12H,10H2,(H,15,16)/t12-/m1/s1. The molecule has 0 bridgehead atoms. The molecule has 1 heterocycles. The molecule has 82 valence electrons. The van der Waals surface area contributed by atoms with Crippen molar-refractivity contribution in [2.45, 2.75) is 12.5 Å². The molecule has 0 saturated carbocycles. The highest BCUT2D eigenvalue weighted by atomic mass is 16.4. The van der Waals surface area contributed by atoms with Crippen molar-refractivity contribution >= 4 is 5.97 Å². The minimum absolute atomic E-state index is 0.0959. The molecule has 0 saturated heterocycles. The van der Waals surface area contributed by atoms with E-state index in [4.69, 9.17) is 5.11 Å². The van der Waals surface area contributed by atoms with Crippen LogP contribution in [0.15, 0.2) is 54.9 Å². The molecule has 0 aliphatic rings. The van der Waals surface area contributed by atoms with E-state index in [1.54, 1.807) is 0 Å². The molecule has 0 fully saturated rings. The van der Waals surface area contributed by atoms with E-state index in [1.165, 1.54) is 0 Å². The van der Waals surface area contributed by atoms with Crippen molar-refractivity contribution in [3.63, 3.8) is 0 Å². The first-order chi connectivity index (χ1) is 7.77. The average Bonchev–Trinajstić information content (AvgIpc) is 2.80. The van der Waals surface area contributed by atoms with Crippen molar-refractivity contribution < 1.29 is 9.90 Å². The molecule has 0 spiro atoms. The second-order valence-corrected chi connectivity index (χ2v) is 3.65. The van der Waals surface area contributed by atoms with Gasteiger partial charge < -0.3 is 9.67 Å². The van der Waals surface area contributed by atoms with Crippen LogP contribution in [0.5, 0.6) is 0 Å². The Hall–Kier alpha value is -2.03. The fourth-order valence-corrected chi connectivity index (χ4v) is 1.79. The van der Waals surface area contributed by atoms with E-state index in [-0.39, 0.29) is 12.5 Å². The van der Waals surface area contributed by atoms with Crippen LogP contribution in [0.4, 0.5) is 0 Å². The molecule has 0 radical (unpaired) electrons. The van der Waals surface area contributed by atoms with Crippen molar-refractivity contribution in [3.8, 4) is 0 Å². The van der Waals surface area contributed by atoms with Crippen LogP contribution >= 0.6 is 0 Å². The van der Waals surface area contributed by atoms with E-state index < -0.39 is 5.97 Å². The van der Waals surface area contributed by atoms with Crippen LogP contribution in [-0.2, 0) is 4.79 Å². The van der Waals surface area contributed by atoms with Crippen LogP contribution in [0.25, 0.3) is 0 Å². The maximum absolute atomic E-state index is 10.9. The van der Waals surface area contributed by atoms with E-state index in [2.05, 4.69) is 0 Å². The topological polar surface area (TPSA) is 42.2 Å². The third kappa shape index (κ3) is 2.31. The second-order valence-electron chi connectivity index (χ2n) is 3.65. The fourth-order valence-electron chi connectivity index (χ4n) is 1.79. The highest BCUT2D eigenvalue weighted by Gasteiger charge is 2.15. The van der Waals surface area contributed by atoms with Gasteiger partial charge in [0.15, 0.2) is 0 Å². The Labute approximate surface area is 94.0 Å². The normalized spacial score (nSPS) is 12.2. The van der Waals surface area contributed by atoms with Crippen molar-refractivity contribution in [2.75, 3.05) is 0 Å². The lowest BCUT2D eigenvalue weighted by molar-refractivity contribution is -0.137. The van der Waals surface area contributed by atoms with Crippen molar-refractivity contribution in [3.05, 3.63) is 60.4 Å². The molecule has 1 N–H and O–H groups in total. The molecule has 2 aromatic rings. The zero-order chi connectivity index (χ0) is 11.4. The maximum Gasteiger partial charge on any atom is 0.305 e. The summed E-state index contributed by atoms with van der Waals surface area (Å²) in [5.74, 6) is -0.789. The van der Waals surface area contributed by atoms with Crippen LogP contribution in [-0.4, -0.2) is 15.6 Å². The monoisotopic (exact) mass is 215 g/mol. The Bertz CT molecular complexity index is 448. The molecule has 1 aromatic heterocycles. The molecule has 16 heavy (non-hydrogen) atoms. The maximum atomic E-state index is 10.9. The predicted molar refractivity (Wildman–Crippen MR) is 61.3 cm³/mol. The van der Waals surface area contributed by atoms with Gasteiger partial charge in [0.2, 0.25) is 0 Å². The molecular formula is C13H13NO2. The third-order valence-electron chi connectivity index (χ3n) is 2.54. The molecule has 1 aromatic carbocycles. The summed E-state index contributed by atoms with van der Waals surface area (Å²) in [5, 5.41) is 8.93. The van der Waals surface area contributed by atoms with Crippen molar-refractivity contribution in [1.29, 1.82) is 0 Å². The average molecular weight is 215 g/mol. The van der Waals surface area contributed by atoms with E-state index in [0.717, 1.165) is 5.56 Å². The number of hydrogen-bond donors (Lipinski definition) is 1. The van der Waals surface area contributed by atoms with Gasteiger partial charge in [0, 0.05) is 12.4 Å². The summed E-state index contributed by atoms with van der Waals surface area (Å²) in [4.78, 5) is 10.9. The SMILES string of the molecule is O=C(O)C[C@H](c1ccccc1)n1cccc1. The molecule has 0 unspecified atom stereocenters. The number of aromatic nitrogens is 1. The summed E-state index contributed by atoms with van der Waals surface area (Å²) in [6, 6.07) is 13.4. The van der Waals surface area contributed by atoms with Gasteiger partial charge in [0.25, 0.3) is 0 Å². The van der Waals surface area contributed by atoms with E-state index in [1.807, 2.05) is 59.4 Å². The smallest absolute Gasteiger partial charge is 0.305 e. The number of rotatable bonds is 4. The van der Waals surface area contributed by atoms with Gasteiger partial charge >= 0.3 is 5.97 Å². The summed E-state index contributed by atoms with van der Waals surface area (Å²) in [6.45, 7) is 0. The Balaban J connectivity index is 2.32. The summed E-state index contributed by atoms with van der Waals surface area (Å²) in [6.07, 6.45) is 3.87. The largest absolute Gasteiger partial charge is 0.481 e. The zero-order valence-corrected chi connectivity index (χ0v) is 8.78. The van der Waals surface area contributed by atoms with Crippen molar-refractivity contribution in [2.24, 2.45) is 0 Å². The number of aliphatic carboxylic acids is 1. The fraction of sp³-hybridized carbons (Fsp3) is 0.154. The highest BCUT2D eigenvalue weighted by molar-refractivity contribution is 5.68. The number of carbonyl (C=O) groups is 1. The minimum atomic E-state index is -0.789. The first-order valence-electron chi connectivity index (χ1n) is 5.16. The van der Waals surface area contributed by atoms with Gasteiger partial charge in [-0.15, -0.1) is 0 Å². The van der Waals surface area contributed by atoms with E-state index >= 15 is 0 Å². The number of nitrogens with zero attached hydrogens (tertiary/aromatic N) is 1. The number of hydrogen-bond acceptors (Lipinski definition) is 1. The Morgan fingerprint density at radius 2 is 1.75 bits per heavy atom. The quantitative estimate of drug-likeness (QED) is 0.851. The molecule has 1 atom stereocenters. The lowest BCUT2D eigenvalue weighted by atomic mass is 10.0. The van der Waals surface area contributed by atoms with E-state index in [9.17, 15) is 4.79 Å². The third-order valence-corrected chi connectivity index (χ3v) is 2.54. The molecule has 2 rings (SSSR count). The summed E-state index contributed by atoms with van der Waals surface area (Å²) in [7, 11) is 0. The lowest BCUT2D eigenvalue weighted by Crippen LogP contribution is -2.13. The van der Waals surface area contributed by atoms with Crippen LogP contribution in [0.2, 0.25) is 0 Å². The summed E-state index contributed by atoms with van der Waals surface area (Å²) in [5.41, 5.74) is 1.01. The summed E-state index contributed by atoms with van der Waals surface area (Å²) < 4.78 is 1.92. The van der Waals surface area contributed by atoms with Gasteiger partial charge in [-0.2, -0.15) is 0 Å². The zero-order valence-electron chi connectivity index (χ0n) is 8.78. The highest BCUT2D eigenvalue weighted by Crippen LogP contribution is 2.21. The van der Waals surface area contributed by atoms with Gasteiger partial charge in [-0.25, -0.2) is 0 Å². The van der Waals surface area contributed by atoms with Crippen LogP contribution in [0.3, 0.4) is 0 Å². The molecule has 0 amide bonds. The van der Waals surface area contributed by atoms with Crippen LogP contribution in [0.1, 0.15) is 18.0 Å². The lowest BCUT2D eigenvalue weighted by Gasteiger charge is -2.17. The van der Waals surface area contributed by atoms with Gasteiger partial charge in [0.1, 0.15) is 0 Å². The van der Waals surface area contributed by atoms with Gasteiger partial charge in [0.05, 0.1) is 12.5 Å². The molecule has 0 aliphatic heterocycles. The second kappa shape index (κ2) is 4.66. The molecule has 0 aliphatic carbocycles. The van der Waals surface area contributed by atoms with Crippen LogP contribution in [0, 0.1) is 0 Å². The summed E-state index contributed by atoms with van der Waals surface area (Å²) >= 11 is 0. The molecule has 3 nitrogen and oxygen atoms in total. The number of benzene rings is 1. The Morgan fingerprint density at radius 1 is 1.12 bits per heavy atom. The molecule has 3 heteroatoms. The first kappa shape index (κ1) is 10.5. The Kier molecular flexibility index (Phi) is 3.05. The van der Waals surface area contributed by atoms with Crippen molar-refractivity contribution in [1.82, 2.24) is 4.57 Å². The first-order valence-corrected chi connectivity index (χ1v) is 5.16. The van der Waals surface area contributed by atoms with Gasteiger partial charge in [-0.1, -0.05) is 30.3 Å². The predicted octanol–water partition coefficient (Wildman–Crippen LogP) is 2.55. The van der Waals surface area contributed by atoms with Gasteiger partial charge in [-0.05, 0) is 17.7 Å².